The van der Waals surface area contributed by atoms with Crippen LogP contribution in [0.4, 0.5) is 11.4 Å². The van der Waals surface area contributed by atoms with E-state index < -0.39 is 4.92 Å². The second-order valence-electron chi connectivity index (χ2n) is 5.33. The summed E-state index contributed by atoms with van der Waals surface area (Å²) >= 11 is 0. The lowest BCUT2D eigenvalue weighted by molar-refractivity contribution is -0.384. The van der Waals surface area contributed by atoms with Crippen molar-refractivity contribution in [2.45, 2.75) is 19.4 Å². The highest BCUT2D eigenvalue weighted by atomic mass is 16.6. The van der Waals surface area contributed by atoms with Crippen molar-refractivity contribution in [1.82, 2.24) is 4.90 Å². The quantitative estimate of drug-likeness (QED) is 0.603. The van der Waals surface area contributed by atoms with Crippen LogP contribution in [0.2, 0.25) is 0 Å². The summed E-state index contributed by atoms with van der Waals surface area (Å²) in [6.45, 7) is 3.66. The zero-order valence-electron chi connectivity index (χ0n) is 13.0. The number of anilines is 1. The average Bonchev–Trinajstić information content (AvgIpc) is 2.59. The van der Waals surface area contributed by atoms with Gasteiger partial charge in [0.2, 0.25) is 0 Å². The molecule has 1 unspecified atom stereocenters. The number of hydrogen-bond donors (Lipinski definition) is 2. The number of amides is 1. The first kappa shape index (κ1) is 17.2. The molecule has 0 aliphatic carbocycles. The fourth-order valence-electron chi connectivity index (χ4n) is 2.38. The highest BCUT2D eigenvalue weighted by Crippen LogP contribution is 2.27. The van der Waals surface area contributed by atoms with Crippen molar-refractivity contribution in [1.29, 1.82) is 0 Å². The maximum absolute atomic E-state index is 12.4. The predicted octanol–water partition coefficient (Wildman–Crippen LogP) is 1.25. The van der Waals surface area contributed by atoms with Crippen LogP contribution in [-0.4, -0.2) is 59.8 Å². The normalized spacial score (nSPS) is 16.0. The maximum Gasteiger partial charge on any atom is 0.293 e. The SMILES string of the molecule is CCC(CO)Nc1ccc(C(=O)N2CCOCC2)cc1[N+](=O)[O-]. The Kier molecular flexibility index (Phi) is 5.89. The molecule has 1 aliphatic rings. The molecule has 1 aromatic carbocycles. The first-order valence-corrected chi connectivity index (χ1v) is 7.59. The number of ether oxygens (including phenoxy) is 1. The first-order valence-electron chi connectivity index (χ1n) is 7.59. The van der Waals surface area contributed by atoms with Crippen molar-refractivity contribution in [3.63, 3.8) is 0 Å². The topological polar surface area (TPSA) is 105 Å². The summed E-state index contributed by atoms with van der Waals surface area (Å²) in [5.74, 6) is -0.239. The van der Waals surface area contributed by atoms with Crippen LogP contribution in [0.15, 0.2) is 18.2 Å². The van der Waals surface area contributed by atoms with Gasteiger partial charge in [0.1, 0.15) is 5.69 Å². The number of carbonyl (C=O) groups is 1. The van der Waals surface area contributed by atoms with Crippen LogP contribution in [0.1, 0.15) is 23.7 Å². The minimum Gasteiger partial charge on any atom is -0.394 e. The van der Waals surface area contributed by atoms with Crippen LogP contribution in [0.3, 0.4) is 0 Å². The molecule has 8 nitrogen and oxygen atoms in total. The third kappa shape index (κ3) is 4.17. The second-order valence-corrected chi connectivity index (χ2v) is 5.33. The Hall–Kier alpha value is -2.19. The van der Waals surface area contributed by atoms with Gasteiger partial charge in [0.15, 0.2) is 0 Å². The van der Waals surface area contributed by atoms with Gasteiger partial charge in [-0.05, 0) is 18.6 Å². The van der Waals surface area contributed by atoms with Crippen molar-refractivity contribution in [2.75, 3.05) is 38.2 Å². The van der Waals surface area contributed by atoms with Crippen molar-refractivity contribution in [3.05, 3.63) is 33.9 Å². The molecule has 0 aromatic heterocycles. The molecule has 126 valence electrons. The largest absolute Gasteiger partial charge is 0.394 e. The summed E-state index contributed by atoms with van der Waals surface area (Å²) < 4.78 is 5.20. The lowest BCUT2D eigenvalue weighted by Gasteiger charge is -2.27. The number of aliphatic hydroxyl groups excluding tert-OH is 1. The Morgan fingerprint density at radius 3 is 2.74 bits per heavy atom. The summed E-state index contributed by atoms with van der Waals surface area (Å²) in [4.78, 5) is 24.8. The molecule has 0 saturated carbocycles. The zero-order valence-corrected chi connectivity index (χ0v) is 13.0. The van der Waals surface area contributed by atoms with Crippen molar-refractivity contribution in [3.8, 4) is 0 Å². The molecule has 1 aliphatic heterocycles. The Balaban J connectivity index is 2.24. The number of nitro groups is 1. The fourth-order valence-corrected chi connectivity index (χ4v) is 2.38. The Labute approximate surface area is 134 Å². The zero-order chi connectivity index (χ0) is 16.8. The van der Waals surface area contributed by atoms with Gasteiger partial charge in [-0.1, -0.05) is 6.92 Å². The van der Waals surface area contributed by atoms with Gasteiger partial charge in [-0.15, -0.1) is 0 Å². The molecule has 1 saturated heterocycles. The summed E-state index contributed by atoms with van der Waals surface area (Å²) in [5, 5.41) is 23.5. The number of benzene rings is 1. The molecule has 1 heterocycles. The number of nitrogens with zero attached hydrogens (tertiary/aromatic N) is 2. The molecular formula is C15H21N3O5. The van der Waals surface area contributed by atoms with Crippen LogP contribution in [0.25, 0.3) is 0 Å². The summed E-state index contributed by atoms with van der Waals surface area (Å²) in [6.07, 6.45) is 0.627. The maximum atomic E-state index is 12.4. The smallest absolute Gasteiger partial charge is 0.293 e. The van der Waals surface area contributed by atoms with Crippen LogP contribution < -0.4 is 5.32 Å². The van der Waals surface area contributed by atoms with E-state index in [4.69, 9.17) is 4.74 Å². The minimum atomic E-state index is -0.525. The fraction of sp³-hybridized carbons (Fsp3) is 0.533. The number of nitrogens with one attached hydrogen (secondary N) is 1. The summed E-state index contributed by atoms with van der Waals surface area (Å²) in [6, 6.07) is 4.10. The Bertz CT molecular complexity index is 568. The molecule has 1 atom stereocenters. The van der Waals surface area contributed by atoms with E-state index in [1.807, 2.05) is 6.92 Å². The van der Waals surface area contributed by atoms with E-state index in [9.17, 15) is 20.0 Å². The van der Waals surface area contributed by atoms with E-state index >= 15 is 0 Å². The van der Waals surface area contributed by atoms with Gasteiger partial charge >= 0.3 is 0 Å². The molecule has 1 fully saturated rings. The third-order valence-electron chi connectivity index (χ3n) is 3.81. The van der Waals surface area contributed by atoms with Crippen molar-refractivity contribution in [2.24, 2.45) is 0 Å². The van der Waals surface area contributed by atoms with Gasteiger partial charge in [-0.2, -0.15) is 0 Å². The van der Waals surface area contributed by atoms with Gasteiger partial charge in [0, 0.05) is 30.8 Å². The van der Waals surface area contributed by atoms with Crippen LogP contribution in [0.5, 0.6) is 0 Å². The number of carbonyl (C=O) groups excluding carboxylic acids is 1. The molecular weight excluding hydrogens is 302 g/mol. The number of rotatable bonds is 6. The van der Waals surface area contributed by atoms with Gasteiger partial charge in [-0.3, -0.25) is 14.9 Å². The molecule has 0 bridgehead atoms. The standard InChI is InChI=1S/C15H21N3O5/c1-2-12(10-19)16-13-4-3-11(9-14(13)18(21)22)15(20)17-5-7-23-8-6-17/h3-4,9,12,16,19H,2,5-8,10H2,1H3. The van der Waals surface area contributed by atoms with Crippen LogP contribution >= 0.6 is 0 Å². The lowest BCUT2D eigenvalue weighted by atomic mass is 10.1. The van der Waals surface area contributed by atoms with Crippen LogP contribution in [0, 0.1) is 10.1 Å². The molecule has 0 spiro atoms. The highest BCUT2D eigenvalue weighted by Gasteiger charge is 2.23. The minimum absolute atomic E-state index is 0.123. The predicted molar refractivity (Wildman–Crippen MR) is 84.6 cm³/mol. The van der Waals surface area contributed by atoms with E-state index in [0.29, 0.717) is 38.4 Å². The third-order valence-corrected chi connectivity index (χ3v) is 3.81. The molecule has 8 heteroatoms. The number of nitro benzene ring substituents is 1. The van der Waals surface area contributed by atoms with E-state index in [-0.39, 0.29) is 29.8 Å². The van der Waals surface area contributed by atoms with E-state index in [0.717, 1.165) is 0 Å². The van der Waals surface area contributed by atoms with Crippen molar-refractivity contribution < 1.29 is 19.6 Å². The molecule has 1 amide bonds. The van der Waals surface area contributed by atoms with Crippen molar-refractivity contribution >= 4 is 17.3 Å². The number of aliphatic hydroxyl groups is 1. The first-order chi connectivity index (χ1) is 11.1. The second kappa shape index (κ2) is 7.89. The van der Waals surface area contributed by atoms with Gasteiger partial charge < -0.3 is 20.1 Å². The van der Waals surface area contributed by atoms with Gasteiger partial charge in [0.25, 0.3) is 11.6 Å². The highest BCUT2D eigenvalue weighted by molar-refractivity contribution is 5.95. The van der Waals surface area contributed by atoms with E-state index in [1.165, 1.54) is 12.1 Å². The van der Waals surface area contributed by atoms with Gasteiger partial charge in [-0.25, -0.2) is 0 Å². The van der Waals surface area contributed by atoms with Crippen LogP contribution in [-0.2, 0) is 4.74 Å². The monoisotopic (exact) mass is 323 g/mol. The lowest BCUT2D eigenvalue weighted by Crippen LogP contribution is -2.40. The molecule has 0 radical (unpaired) electrons. The molecule has 2 N–H and O–H groups in total. The van der Waals surface area contributed by atoms with E-state index in [1.54, 1.807) is 11.0 Å². The molecule has 23 heavy (non-hydrogen) atoms. The van der Waals surface area contributed by atoms with Gasteiger partial charge in [0.05, 0.1) is 24.7 Å². The summed E-state index contributed by atoms with van der Waals surface area (Å²) in [5.41, 5.74) is 0.409. The van der Waals surface area contributed by atoms with E-state index in [2.05, 4.69) is 5.32 Å². The summed E-state index contributed by atoms with van der Waals surface area (Å²) in [7, 11) is 0. The average molecular weight is 323 g/mol. The number of hydrogen-bond acceptors (Lipinski definition) is 6. The molecule has 1 aromatic rings. The number of morpholine rings is 1. The Morgan fingerprint density at radius 2 is 2.17 bits per heavy atom. The molecule has 2 rings (SSSR count). The Morgan fingerprint density at radius 1 is 1.48 bits per heavy atom.